The van der Waals surface area contributed by atoms with Crippen LogP contribution in [-0.4, -0.2) is 70.7 Å². The van der Waals surface area contributed by atoms with Crippen LogP contribution in [0.2, 0.25) is 0 Å². The number of nitrogens with zero attached hydrogens (tertiary/aromatic N) is 5. The second-order valence-electron chi connectivity index (χ2n) is 10.7. The van der Waals surface area contributed by atoms with Crippen LogP contribution in [0.4, 0.5) is 5.69 Å². The number of amides is 2. The quantitative estimate of drug-likeness (QED) is 0.476. The highest BCUT2D eigenvalue weighted by Gasteiger charge is 2.26. The van der Waals surface area contributed by atoms with E-state index in [2.05, 4.69) is 23.8 Å². The van der Waals surface area contributed by atoms with E-state index >= 15 is 0 Å². The fraction of sp³-hybridized carbons (Fsp3) is 0.452. The summed E-state index contributed by atoms with van der Waals surface area (Å²) in [5.74, 6) is 0.840. The summed E-state index contributed by atoms with van der Waals surface area (Å²) in [4.78, 5) is 33.7. The van der Waals surface area contributed by atoms with Gasteiger partial charge in [0.2, 0.25) is 11.8 Å². The van der Waals surface area contributed by atoms with Crippen molar-refractivity contribution in [1.82, 2.24) is 19.6 Å². The maximum absolute atomic E-state index is 13.8. The normalized spacial score (nSPS) is 15.1. The summed E-state index contributed by atoms with van der Waals surface area (Å²) in [6.07, 6.45) is 4.81. The van der Waals surface area contributed by atoms with Crippen LogP contribution >= 0.6 is 0 Å². The Hall–Kier alpha value is -3.65. The topological polar surface area (TPSA) is 70.9 Å². The number of aromatic nitrogens is 2. The average molecular weight is 532 g/mol. The first kappa shape index (κ1) is 28.4. The molecule has 0 aliphatic carbocycles. The summed E-state index contributed by atoms with van der Waals surface area (Å²) in [6.45, 7) is 11.9. The Morgan fingerprint density at radius 3 is 2.41 bits per heavy atom. The summed E-state index contributed by atoms with van der Waals surface area (Å²) >= 11 is 0. The van der Waals surface area contributed by atoms with Crippen molar-refractivity contribution in [2.75, 3.05) is 38.2 Å². The molecule has 1 aliphatic heterocycles. The summed E-state index contributed by atoms with van der Waals surface area (Å²) in [7, 11) is 1.64. The van der Waals surface area contributed by atoms with Crippen molar-refractivity contribution in [2.45, 2.75) is 59.7 Å². The zero-order chi connectivity index (χ0) is 27.9. The summed E-state index contributed by atoms with van der Waals surface area (Å²) in [5, 5.41) is 4.33. The van der Waals surface area contributed by atoms with Gasteiger partial charge < -0.3 is 14.5 Å². The number of rotatable bonds is 6. The number of ether oxygens (including phenoxy) is 1. The molecule has 0 saturated heterocycles. The predicted octanol–water partition coefficient (Wildman–Crippen LogP) is 4.23. The highest BCUT2D eigenvalue weighted by molar-refractivity contribution is 5.96. The minimum absolute atomic E-state index is 0.0182. The minimum Gasteiger partial charge on any atom is -0.497 e. The van der Waals surface area contributed by atoms with Crippen LogP contribution in [0.5, 0.6) is 5.75 Å². The second-order valence-corrected chi connectivity index (χ2v) is 10.7. The van der Waals surface area contributed by atoms with Crippen molar-refractivity contribution in [2.24, 2.45) is 0 Å². The molecule has 0 bridgehead atoms. The molecule has 4 rings (SSSR count). The molecule has 3 aromatic rings. The smallest absolute Gasteiger partial charge is 0.244 e. The lowest BCUT2D eigenvalue weighted by atomic mass is 10.0. The van der Waals surface area contributed by atoms with Crippen LogP contribution in [-0.2, 0) is 29.1 Å². The molecule has 0 radical (unpaired) electrons. The molecule has 0 atom stereocenters. The third-order valence-corrected chi connectivity index (χ3v) is 7.39. The Morgan fingerprint density at radius 1 is 0.974 bits per heavy atom. The van der Waals surface area contributed by atoms with Gasteiger partial charge in [-0.1, -0.05) is 30.3 Å². The number of hydrogen-bond acceptors (Lipinski definition) is 5. The summed E-state index contributed by atoms with van der Waals surface area (Å²) in [6, 6.07) is 14.1. The van der Waals surface area contributed by atoms with E-state index < -0.39 is 0 Å². The van der Waals surface area contributed by atoms with Gasteiger partial charge >= 0.3 is 0 Å². The van der Waals surface area contributed by atoms with E-state index in [1.165, 1.54) is 0 Å². The van der Waals surface area contributed by atoms with Crippen LogP contribution in [0.15, 0.2) is 54.9 Å². The monoisotopic (exact) mass is 531 g/mol. The fourth-order valence-electron chi connectivity index (χ4n) is 5.21. The van der Waals surface area contributed by atoms with Crippen molar-refractivity contribution in [3.8, 4) is 5.75 Å². The van der Waals surface area contributed by atoms with Gasteiger partial charge in [-0.15, -0.1) is 0 Å². The van der Waals surface area contributed by atoms with Crippen LogP contribution in [0.1, 0.15) is 42.5 Å². The van der Waals surface area contributed by atoms with Crippen LogP contribution in [0, 0.1) is 13.8 Å². The average Bonchev–Trinajstić information content (AvgIpc) is 3.30. The van der Waals surface area contributed by atoms with Crippen molar-refractivity contribution in [1.29, 1.82) is 0 Å². The standard InChI is InChI=1S/C31H41N5O3/c1-23(2)33-14-7-15-36(29(37)18-26-10-12-28(39-5)13-11-26)31-25(4)8-6-9-27(31)21-34(17-16-33)30(38)22-35-20-24(3)19-32-35/h6,8-13,19-20,23H,7,14-18,21-22H2,1-5H3. The molecule has 0 saturated carbocycles. The number of fused-ring (bicyclic) bond motifs is 1. The highest BCUT2D eigenvalue weighted by Crippen LogP contribution is 2.29. The molecule has 2 amide bonds. The Labute approximate surface area is 232 Å². The molecule has 2 aromatic carbocycles. The number of methoxy groups -OCH3 is 1. The third-order valence-electron chi connectivity index (χ3n) is 7.39. The lowest BCUT2D eigenvalue weighted by molar-refractivity contribution is -0.133. The molecular formula is C31H41N5O3. The van der Waals surface area contributed by atoms with Crippen molar-refractivity contribution >= 4 is 17.5 Å². The second kappa shape index (κ2) is 12.9. The summed E-state index contributed by atoms with van der Waals surface area (Å²) in [5.41, 5.74) is 4.91. The number of para-hydroxylation sites is 1. The maximum atomic E-state index is 13.8. The van der Waals surface area contributed by atoms with Crippen LogP contribution in [0.25, 0.3) is 0 Å². The zero-order valence-corrected chi connectivity index (χ0v) is 23.9. The molecule has 1 aliphatic rings. The van der Waals surface area contributed by atoms with Crippen molar-refractivity contribution < 1.29 is 14.3 Å². The van der Waals surface area contributed by atoms with E-state index in [1.807, 2.05) is 72.3 Å². The van der Waals surface area contributed by atoms with E-state index in [1.54, 1.807) is 18.0 Å². The first-order valence-electron chi connectivity index (χ1n) is 13.8. The molecule has 208 valence electrons. The molecule has 0 N–H and O–H groups in total. The predicted molar refractivity (Wildman–Crippen MR) is 154 cm³/mol. The number of benzene rings is 2. The van der Waals surface area contributed by atoms with Gasteiger partial charge in [-0.2, -0.15) is 5.10 Å². The minimum atomic E-state index is 0.0182. The first-order valence-corrected chi connectivity index (χ1v) is 13.8. The Balaban J connectivity index is 1.66. The lowest BCUT2D eigenvalue weighted by Crippen LogP contribution is -2.42. The number of carbonyl (C=O) groups is 2. The summed E-state index contributed by atoms with van der Waals surface area (Å²) < 4.78 is 6.98. The van der Waals surface area contributed by atoms with Gasteiger partial charge in [0.15, 0.2) is 0 Å². The lowest BCUT2D eigenvalue weighted by Gasteiger charge is -2.30. The largest absolute Gasteiger partial charge is 0.497 e. The van der Waals surface area contributed by atoms with Gasteiger partial charge in [-0.3, -0.25) is 19.2 Å². The van der Waals surface area contributed by atoms with Crippen LogP contribution < -0.4 is 9.64 Å². The molecule has 2 heterocycles. The van der Waals surface area contributed by atoms with Crippen molar-refractivity contribution in [3.63, 3.8) is 0 Å². The number of aryl methyl sites for hydroxylation is 2. The molecule has 0 fully saturated rings. The van der Waals surface area contributed by atoms with Gasteiger partial charge in [0.1, 0.15) is 12.3 Å². The third kappa shape index (κ3) is 7.26. The SMILES string of the molecule is COc1ccc(CC(=O)N2CCCN(C(C)C)CCN(C(=O)Cn3cc(C)cn3)Cc3cccc(C)c32)cc1. The van der Waals surface area contributed by atoms with Gasteiger partial charge in [-0.05, 0) is 68.5 Å². The van der Waals surface area contributed by atoms with Crippen molar-refractivity contribution in [3.05, 3.63) is 77.1 Å². The maximum Gasteiger partial charge on any atom is 0.244 e. The molecule has 8 nitrogen and oxygen atoms in total. The van der Waals surface area contributed by atoms with Gasteiger partial charge in [0, 0.05) is 45.0 Å². The van der Waals surface area contributed by atoms with Gasteiger partial charge in [0.25, 0.3) is 0 Å². The highest BCUT2D eigenvalue weighted by atomic mass is 16.5. The van der Waals surface area contributed by atoms with E-state index in [0.717, 1.165) is 53.2 Å². The molecule has 39 heavy (non-hydrogen) atoms. The molecular weight excluding hydrogens is 490 g/mol. The van der Waals surface area contributed by atoms with Crippen LogP contribution in [0.3, 0.4) is 0 Å². The van der Waals surface area contributed by atoms with E-state index in [9.17, 15) is 9.59 Å². The van der Waals surface area contributed by atoms with Gasteiger partial charge in [-0.25, -0.2) is 0 Å². The van der Waals surface area contributed by atoms with E-state index in [4.69, 9.17) is 4.74 Å². The Bertz CT molecular complexity index is 1270. The van der Waals surface area contributed by atoms with E-state index in [0.29, 0.717) is 32.1 Å². The van der Waals surface area contributed by atoms with E-state index in [-0.39, 0.29) is 18.4 Å². The zero-order valence-electron chi connectivity index (χ0n) is 23.9. The fourth-order valence-corrected chi connectivity index (χ4v) is 5.21. The number of carbonyl (C=O) groups excluding carboxylic acids is 2. The molecule has 0 spiro atoms. The van der Waals surface area contributed by atoms with Gasteiger partial charge in [0.05, 0.1) is 25.4 Å². The molecule has 8 heteroatoms. The number of hydrogen-bond donors (Lipinski definition) is 0. The Morgan fingerprint density at radius 2 is 1.74 bits per heavy atom. The molecule has 0 unspecified atom stereocenters. The first-order chi connectivity index (χ1) is 18.7. The Kier molecular flexibility index (Phi) is 9.41. The molecule has 1 aromatic heterocycles. The number of anilines is 1.